The van der Waals surface area contributed by atoms with Crippen molar-refractivity contribution in [3.63, 3.8) is 0 Å². The Balaban J connectivity index is 1.66. The molecule has 0 unspecified atom stereocenters. The summed E-state index contributed by atoms with van der Waals surface area (Å²) in [6, 6.07) is 14.6. The predicted octanol–water partition coefficient (Wildman–Crippen LogP) is 4.92. The van der Waals surface area contributed by atoms with Crippen LogP contribution in [0.3, 0.4) is 0 Å². The number of halogens is 2. The van der Waals surface area contributed by atoms with E-state index in [1.54, 1.807) is 25.3 Å². The van der Waals surface area contributed by atoms with E-state index >= 15 is 0 Å². The van der Waals surface area contributed by atoms with Gasteiger partial charge in [0.15, 0.2) is 15.7 Å². The topological polar surface area (TPSA) is 94.2 Å². The van der Waals surface area contributed by atoms with Crippen LogP contribution in [0.4, 0.5) is 5.82 Å². The van der Waals surface area contributed by atoms with Crippen molar-refractivity contribution in [3.8, 4) is 0 Å². The van der Waals surface area contributed by atoms with Crippen molar-refractivity contribution >= 4 is 64.3 Å². The van der Waals surface area contributed by atoms with Crippen molar-refractivity contribution in [2.24, 2.45) is 0 Å². The van der Waals surface area contributed by atoms with E-state index in [0.717, 1.165) is 20.0 Å². The van der Waals surface area contributed by atoms with Crippen molar-refractivity contribution in [1.29, 1.82) is 0 Å². The molecule has 0 fully saturated rings. The molecule has 0 aliphatic rings. The molecule has 0 saturated heterocycles. The third-order valence-corrected chi connectivity index (χ3v) is 7.13. The maximum Gasteiger partial charge on any atom is 0.241 e. The number of hydrogen-bond donors (Lipinski definition) is 1. The van der Waals surface area contributed by atoms with Crippen molar-refractivity contribution < 1.29 is 17.7 Å². The van der Waals surface area contributed by atoms with E-state index in [2.05, 4.69) is 42.3 Å². The molecule has 0 radical (unpaired) electrons. The number of amides is 1. The average Bonchev–Trinajstić information content (AvgIpc) is 3.24. The highest BCUT2D eigenvalue weighted by Gasteiger charge is 2.25. The van der Waals surface area contributed by atoms with Crippen LogP contribution >= 0.6 is 31.9 Å². The van der Waals surface area contributed by atoms with Crippen LogP contribution < -0.4 is 5.32 Å². The normalized spacial score (nSPS) is 11.7. The zero-order valence-corrected chi connectivity index (χ0v) is 20.3. The van der Waals surface area contributed by atoms with Crippen LogP contribution in [0.2, 0.25) is 0 Å². The van der Waals surface area contributed by atoms with Crippen molar-refractivity contribution in [2.75, 3.05) is 11.1 Å². The molecule has 2 heterocycles. The minimum Gasteiger partial charge on any atom is -0.360 e. The van der Waals surface area contributed by atoms with Crippen molar-refractivity contribution in [3.05, 3.63) is 75.0 Å². The second kappa shape index (κ2) is 8.60. The number of fused-ring (bicyclic) bond motifs is 1. The second-order valence-electron chi connectivity index (χ2n) is 7.05. The number of rotatable bonds is 6. The van der Waals surface area contributed by atoms with Gasteiger partial charge in [-0.25, -0.2) is 8.42 Å². The lowest BCUT2D eigenvalue weighted by atomic mass is 10.2. The van der Waals surface area contributed by atoms with Crippen LogP contribution in [0.25, 0.3) is 10.9 Å². The van der Waals surface area contributed by atoms with E-state index in [-0.39, 0.29) is 10.7 Å². The Morgan fingerprint density at radius 1 is 1.13 bits per heavy atom. The number of nitrogens with zero attached hydrogens (tertiary/aromatic N) is 2. The third-order valence-electron chi connectivity index (χ3n) is 4.58. The molecule has 0 bridgehead atoms. The van der Waals surface area contributed by atoms with Gasteiger partial charge < -0.3 is 14.4 Å². The second-order valence-corrected chi connectivity index (χ2v) is 10.8. The summed E-state index contributed by atoms with van der Waals surface area (Å²) in [6.45, 7) is 2.15. The van der Waals surface area contributed by atoms with Crippen LogP contribution in [0.1, 0.15) is 11.3 Å². The highest BCUT2D eigenvalue weighted by atomic mass is 79.9. The Bertz CT molecular complexity index is 1370. The first kappa shape index (κ1) is 21.8. The molecule has 160 valence electrons. The maximum absolute atomic E-state index is 13.1. The van der Waals surface area contributed by atoms with Crippen LogP contribution in [-0.4, -0.2) is 29.8 Å². The van der Waals surface area contributed by atoms with Crippen LogP contribution in [0.15, 0.2) is 73.1 Å². The van der Waals surface area contributed by atoms with Gasteiger partial charge in [0.25, 0.3) is 0 Å². The molecule has 0 spiro atoms. The fourth-order valence-electron chi connectivity index (χ4n) is 3.35. The lowest BCUT2D eigenvalue weighted by Crippen LogP contribution is -2.23. The molecule has 1 N–H and O–H groups in total. The molecule has 10 heteroatoms. The first-order valence-corrected chi connectivity index (χ1v) is 12.4. The number of benzene rings is 2. The standard InChI is InChI=1S/C21H17Br2N3O4S/c1-13-6-20(25-30-13)24-21(27)12-31(28,29)19-11-26(18-5-3-2-4-17(18)19)10-14-7-15(22)9-16(23)8-14/h2-9,11H,10,12H2,1H3,(H,24,25,27). The van der Waals surface area contributed by atoms with Gasteiger partial charge in [0, 0.05) is 38.7 Å². The number of carbonyl (C=O) groups is 1. The number of para-hydroxylation sites is 1. The average molecular weight is 567 g/mol. The van der Waals surface area contributed by atoms with Crippen LogP contribution in [0, 0.1) is 6.92 Å². The van der Waals surface area contributed by atoms with Gasteiger partial charge in [-0.2, -0.15) is 0 Å². The zero-order valence-electron chi connectivity index (χ0n) is 16.3. The summed E-state index contributed by atoms with van der Waals surface area (Å²) in [5.74, 6) is -0.683. The van der Waals surface area contributed by atoms with Crippen molar-refractivity contribution in [1.82, 2.24) is 9.72 Å². The Morgan fingerprint density at radius 2 is 1.84 bits per heavy atom. The van der Waals surface area contributed by atoms with Crippen molar-refractivity contribution in [2.45, 2.75) is 18.4 Å². The van der Waals surface area contributed by atoms with Gasteiger partial charge in [-0.3, -0.25) is 4.79 Å². The molecule has 7 nitrogen and oxygen atoms in total. The van der Waals surface area contributed by atoms with Gasteiger partial charge in [0.05, 0.1) is 4.90 Å². The molecule has 2 aromatic carbocycles. The van der Waals surface area contributed by atoms with Gasteiger partial charge in [0.1, 0.15) is 11.5 Å². The Morgan fingerprint density at radius 3 is 2.52 bits per heavy atom. The smallest absolute Gasteiger partial charge is 0.241 e. The highest BCUT2D eigenvalue weighted by molar-refractivity contribution is 9.11. The van der Waals surface area contributed by atoms with Gasteiger partial charge >= 0.3 is 0 Å². The number of nitrogens with one attached hydrogen (secondary N) is 1. The minimum atomic E-state index is -3.90. The Labute approximate surface area is 195 Å². The molecule has 4 aromatic rings. The first-order chi connectivity index (χ1) is 14.7. The summed E-state index contributed by atoms with van der Waals surface area (Å²) in [6.07, 6.45) is 1.59. The molecule has 2 aromatic heterocycles. The summed E-state index contributed by atoms with van der Waals surface area (Å²) in [5.41, 5.74) is 1.76. The lowest BCUT2D eigenvalue weighted by molar-refractivity contribution is -0.113. The molecule has 4 rings (SSSR count). The summed E-state index contributed by atoms with van der Waals surface area (Å²) >= 11 is 6.95. The number of aryl methyl sites for hydroxylation is 1. The predicted molar refractivity (Wildman–Crippen MR) is 125 cm³/mol. The van der Waals surface area contributed by atoms with E-state index in [9.17, 15) is 13.2 Å². The fraction of sp³-hybridized carbons (Fsp3) is 0.143. The molecule has 0 saturated carbocycles. The molecular formula is C21H17Br2N3O4S. The monoisotopic (exact) mass is 565 g/mol. The summed E-state index contributed by atoms with van der Waals surface area (Å²) in [7, 11) is -3.90. The Hall–Kier alpha value is -2.43. The van der Waals surface area contributed by atoms with Crippen LogP contribution in [0.5, 0.6) is 0 Å². The highest BCUT2D eigenvalue weighted by Crippen LogP contribution is 2.28. The SMILES string of the molecule is Cc1cc(NC(=O)CS(=O)(=O)c2cn(Cc3cc(Br)cc(Br)c3)c3ccccc23)no1. The van der Waals surface area contributed by atoms with Gasteiger partial charge in [-0.05, 0) is 36.8 Å². The molecular weight excluding hydrogens is 550 g/mol. The zero-order chi connectivity index (χ0) is 22.2. The minimum absolute atomic E-state index is 0.114. The fourth-order valence-corrected chi connectivity index (χ4v) is 6.10. The van der Waals surface area contributed by atoms with E-state index in [4.69, 9.17) is 4.52 Å². The molecule has 1 amide bonds. The van der Waals surface area contributed by atoms with Gasteiger partial charge in [-0.15, -0.1) is 0 Å². The maximum atomic E-state index is 13.1. The first-order valence-electron chi connectivity index (χ1n) is 9.20. The third kappa shape index (κ3) is 4.91. The number of sulfone groups is 1. The van der Waals surface area contributed by atoms with Crippen LogP contribution in [-0.2, 0) is 21.2 Å². The molecule has 0 aliphatic heterocycles. The Kier molecular flexibility index (Phi) is 6.05. The van der Waals surface area contributed by atoms with E-state index < -0.39 is 21.5 Å². The van der Waals surface area contributed by atoms with E-state index in [1.807, 2.05) is 34.9 Å². The molecule has 0 aliphatic carbocycles. The number of carbonyl (C=O) groups excluding carboxylic acids is 1. The molecule has 31 heavy (non-hydrogen) atoms. The number of hydrogen-bond acceptors (Lipinski definition) is 5. The summed E-state index contributed by atoms with van der Waals surface area (Å²) in [4.78, 5) is 12.4. The largest absolute Gasteiger partial charge is 0.360 e. The summed E-state index contributed by atoms with van der Waals surface area (Å²) in [5, 5.41) is 6.69. The number of anilines is 1. The van der Waals surface area contributed by atoms with Gasteiger partial charge in [0.2, 0.25) is 5.91 Å². The quantitative estimate of drug-likeness (QED) is 0.357. The molecule has 0 atom stereocenters. The lowest BCUT2D eigenvalue weighted by Gasteiger charge is -2.07. The van der Waals surface area contributed by atoms with E-state index in [0.29, 0.717) is 17.7 Å². The number of aromatic nitrogens is 2. The van der Waals surface area contributed by atoms with E-state index in [1.165, 1.54) is 6.07 Å². The summed E-state index contributed by atoms with van der Waals surface area (Å²) < 4.78 is 34.8. The van der Waals surface area contributed by atoms with Gasteiger partial charge in [-0.1, -0.05) is 55.2 Å².